The molecule has 0 aliphatic heterocycles. The van der Waals surface area contributed by atoms with Crippen molar-refractivity contribution in [3.63, 3.8) is 0 Å². The molecule has 0 radical (unpaired) electrons. The zero-order valence-electron chi connectivity index (χ0n) is 23.3. The third-order valence-corrected chi connectivity index (χ3v) is 8.54. The fourth-order valence-corrected chi connectivity index (χ4v) is 6.64. The summed E-state index contributed by atoms with van der Waals surface area (Å²) in [6, 6.07) is 54.9. The standard InChI is InChI=1S/C41H28O/c1-42-39-24-23-32(33-15-4-5-16-34(33)39)29-13-10-14-30(26-29)40-35-17-6-8-19-37(35)41(38-20-9-7-18-36(38)40)31-22-21-27-11-2-3-12-28(27)25-31/h2-26H,1H3. The van der Waals surface area contributed by atoms with Gasteiger partial charge in [-0.15, -0.1) is 0 Å². The molecule has 0 unspecified atom stereocenters. The van der Waals surface area contributed by atoms with Gasteiger partial charge < -0.3 is 4.74 Å². The molecule has 0 heterocycles. The topological polar surface area (TPSA) is 9.23 Å². The zero-order chi connectivity index (χ0) is 28.0. The minimum Gasteiger partial charge on any atom is -0.496 e. The van der Waals surface area contributed by atoms with Crippen LogP contribution in [0, 0.1) is 0 Å². The van der Waals surface area contributed by atoms with Gasteiger partial charge in [-0.2, -0.15) is 0 Å². The molecule has 0 saturated carbocycles. The van der Waals surface area contributed by atoms with Gasteiger partial charge in [0.15, 0.2) is 0 Å². The predicted molar refractivity (Wildman–Crippen MR) is 179 cm³/mol. The minimum atomic E-state index is 0.895. The molecule has 0 atom stereocenters. The summed E-state index contributed by atoms with van der Waals surface area (Å²) in [5.41, 5.74) is 7.40. The van der Waals surface area contributed by atoms with Gasteiger partial charge >= 0.3 is 0 Å². The second-order valence-corrected chi connectivity index (χ2v) is 10.8. The molecule has 0 spiro atoms. The minimum absolute atomic E-state index is 0.895. The van der Waals surface area contributed by atoms with Gasteiger partial charge in [-0.3, -0.25) is 0 Å². The number of benzene rings is 8. The molecule has 0 bridgehead atoms. The summed E-state index contributed by atoms with van der Waals surface area (Å²) in [4.78, 5) is 0. The molecule has 8 aromatic carbocycles. The number of hydrogen-bond donors (Lipinski definition) is 0. The highest BCUT2D eigenvalue weighted by Gasteiger charge is 2.17. The third kappa shape index (κ3) is 3.86. The van der Waals surface area contributed by atoms with Crippen molar-refractivity contribution >= 4 is 43.1 Å². The molecule has 0 N–H and O–H groups in total. The molecule has 0 saturated heterocycles. The van der Waals surface area contributed by atoms with Gasteiger partial charge in [0.2, 0.25) is 0 Å². The zero-order valence-corrected chi connectivity index (χ0v) is 23.3. The molecule has 0 fully saturated rings. The highest BCUT2D eigenvalue weighted by Crippen LogP contribution is 2.45. The van der Waals surface area contributed by atoms with Crippen molar-refractivity contribution in [1.29, 1.82) is 0 Å². The van der Waals surface area contributed by atoms with E-state index in [0.717, 1.165) is 11.1 Å². The number of methoxy groups -OCH3 is 1. The van der Waals surface area contributed by atoms with Gasteiger partial charge in [-0.25, -0.2) is 0 Å². The van der Waals surface area contributed by atoms with E-state index in [1.54, 1.807) is 7.11 Å². The summed E-state index contributed by atoms with van der Waals surface area (Å²) in [5.74, 6) is 0.895. The average Bonchev–Trinajstić information content (AvgIpc) is 3.06. The SMILES string of the molecule is COc1ccc(-c2cccc(-c3c4ccccc4c(-c4ccc5ccccc5c4)c4ccccc34)c2)c2ccccc12. The Morgan fingerprint density at radius 1 is 0.357 bits per heavy atom. The third-order valence-electron chi connectivity index (χ3n) is 8.54. The fourth-order valence-electron chi connectivity index (χ4n) is 6.64. The number of rotatable bonds is 4. The molecular formula is C41H28O. The maximum Gasteiger partial charge on any atom is 0.126 e. The molecule has 0 aliphatic rings. The van der Waals surface area contributed by atoms with E-state index < -0.39 is 0 Å². The molecule has 1 nitrogen and oxygen atoms in total. The van der Waals surface area contributed by atoms with Crippen LogP contribution in [0.4, 0.5) is 0 Å². The Hall–Kier alpha value is -5.40. The van der Waals surface area contributed by atoms with Crippen LogP contribution in [0.3, 0.4) is 0 Å². The maximum atomic E-state index is 5.68. The quantitative estimate of drug-likeness (QED) is 0.203. The molecule has 0 amide bonds. The van der Waals surface area contributed by atoms with Crippen LogP contribution >= 0.6 is 0 Å². The molecule has 0 aromatic heterocycles. The first-order chi connectivity index (χ1) is 20.8. The molecule has 8 aromatic rings. The monoisotopic (exact) mass is 536 g/mol. The second-order valence-electron chi connectivity index (χ2n) is 10.8. The molecule has 8 rings (SSSR count). The first-order valence-corrected chi connectivity index (χ1v) is 14.4. The highest BCUT2D eigenvalue weighted by molar-refractivity contribution is 6.22. The van der Waals surface area contributed by atoms with Crippen molar-refractivity contribution in [3.8, 4) is 39.1 Å². The van der Waals surface area contributed by atoms with Crippen molar-refractivity contribution in [2.24, 2.45) is 0 Å². The largest absolute Gasteiger partial charge is 0.496 e. The fraction of sp³-hybridized carbons (Fsp3) is 0.0244. The second kappa shape index (κ2) is 9.90. The summed E-state index contributed by atoms with van der Waals surface area (Å²) in [6.45, 7) is 0. The van der Waals surface area contributed by atoms with Crippen molar-refractivity contribution in [2.75, 3.05) is 7.11 Å². The maximum absolute atomic E-state index is 5.68. The summed E-state index contributed by atoms with van der Waals surface area (Å²) in [7, 11) is 1.74. The van der Waals surface area contributed by atoms with Crippen LogP contribution in [0.5, 0.6) is 5.75 Å². The lowest BCUT2D eigenvalue weighted by Gasteiger charge is -2.18. The van der Waals surface area contributed by atoms with E-state index in [2.05, 4.69) is 152 Å². The normalized spacial score (nSPS) is 11.5. The van der Waals surface area contributed by atoms with E-state index >= 15 is 0 Å². The summed E-state index contributed by atoms with van der Waals surface area (Å²) in [5, 5.41) is 9.88. The lowest BCUT2D eigenvalue weighted by molar-refractivity contribution is 0.420. The van der Waals surface area contributed by atoms with Crippen molar-refractivity contribution in [2.45, 2.75) is 0 Å². The van der Waals surface area contributed by atoms with Crippen LogP contribution in [0.25, 0.3) is 76.5 Å². The van der Waals surface area contributed by atoms with Crippen LogP contribution in [0.1, 0.15) is 0 Å². The number of hydrogen-bond acceptors (Lipinski definition) is 1. The highest BCUT2D eigenvalue weighted by atomic mass is 16.5. The Morgan fingerprint density at radius 3 is 1.52 bits per heavy atom. The first-order valence-electron chi connectivity index (χ1n) is 14.4. The van der Waals surface area contributed by atoms with Crippen molar-refractivity contribution in [3.05, 3.63) is 152 Å². The van der Waals surface area contributed by atoms with Gasteiger partial charge in [0.05, 0.1) is 7.11 Å². The molecule has 1 heteroatoms. The van der Waals surface area contributed by atoms with Crippen LogP contribution in [0.15, 0.2) is 152 Å². The van der Waals surface area contributed by atoms with Gasteiger partial charge in [0, 0.05) is 5.39 Å². The molecular weight excluding hydrogens is 508 g/mol. The van der Waals surface area contributed by atoms with Gasteiger partial charge in [0.25, 0.3) is 0 Å². The van der Waals surface area contributed by atoms with E-state index in [-0.39, 0.29) is 0 Å². The Kier molecular flexibility index (Phi) is 5.75. The number of fused-ring (bicyclic) bond motifs is 4. The predicted octanol–water partition coefficient (Wildman–Crippen LogP) is 11.3. The number of ether oxygens (including phenoxy) is 1. The van der Waals surface area contributed by atoms with Crippen LogP contribution in [-0.4, -0.2) is 7.11 Å². The Bertz CT molecular complexity index is 2240. The van der Waals surface area contributed by atoms with Crippen LogP contribution in [0.2, 0.25) is 0 Å². The van der Waals surface area contributed by atoms with Crippen molar-refractivity contribution < 1.29 is 4.74 Å². The Labute approximate surface area is 245 Å². The summed E-state index contributed by atoms with van der Waals surface area (Å²) < 4.78 is 5.68. The van der Waals surface area contributed by atoms with Gasteiger partial charge in [0.1, 0.15) is 5.75 Å². The van der Waals surface area contributed by atoms with Gasteiger partial charge in [-0.1, -0.05) is 133 Å². The Balaban J connectivity index is 1.40. The average molecular weight is 537 g/mol. The van der Waals surface area contributed by atoms with E-state index in [1.165, 1.54) is 71.1 Å². The smallest absolute Gasteiger partial charge is 0.126 e. The van der Waals surface area contributed by atoms with Crippen molar-refractivity contribution in [1.82, 2.24) is 0 Å². The van der Waals surface area contributed by atoms with E-state index in [0.29, 0.717) is 0 Å². The van der Waals surface area contributed by atoms with Crippen LogP contribution in [-0.2, 0) is 0 Å². The van der Waals surface area contributed by atoms with E-state index in [1.807, 2.05) is 0 Å². The molecule has 198 valence electrons. The first kappa shape index (κ1) is 24.4. The van der Waals surface area contributed by atoms with Gasteiger partial charge in [-0.05, 0) is 89.3 Å². The molecule has 0 aliphatic carbocycles. The lowest BCUT2D eigenvalue weighted by Crippen LogP contribution is -1.92. The summed E-state index contributed by atoms with van der Waals surface area (Å²) in [6.07, 6.45) is 0. The van der Waals surface area contributed by atoms with E-state index in [4.69, 9.17) is 4.74 Å². The Morgan fingerprint density at radius 2 is 0.881 bits per heavy atom. The lowest BCUT2D eigenvalue weighted by atomic mass is 9.85. The summed E-state index contributed by atoms with van der Waals surface area (Å²) >= 11 is 0. The van der Waals surface area contributed by atoms with Crippen LogP contribution < -0.4 is 4.74 Å². The molecule has 42 heavy (non-hydrogen) atoms. The van der Waals surface area contributed by atoms with E-state index in [9.17, 15) is 0 Å².